The Balaban J connectivity index is 1.93. The first kappa shape index (κ1) is 14.7. The number of ether oxygens (including phenoxy) is 1. The molecule has 1 saturated carbocycles. The van der Waals surface area contributed by atoms with Crippen LogP contribution >= 0.6 is 12.6 Å². The van der Waals surface area contributed by atoms with E-state index in [9.17, 15) is 0 Å². The van der Waals surface area contributed by atoms with Crippen LogP contribution in [0.1, 0.15) is 45.4 Å². The van der Waals surface area contributed by atoms with E-state index < -0.39 is 0 Å². The molecule has 0 bridgehead atoms. The van der Waals surface area contributed by atoms with Crippen molar-refractivity contribution in [3.8, 4) is 0 Å². The fourth-order valence-electron chi connectivity index (χ4n) is 3.77. The topological polar surface area (TPSA) is 12.5 Å². The van der Waals surface area contributed by atoms with E-state index in [0.717, 1.165) is 30.9 Å². The minimum absolute atomic E-state index is 0.396. The van der Waals surface area contributed by atoms with Crippen LogP contribution in [0, 0.1) is 11.3 Å². The summed E-state index contributed by atoms with van der Waals surface area (Å²) >= 11 is 4.63. The maximum absolute atomic E-state index is 5.52. The van der Waals surface area contributed by atoms with Gasteiger partial charge in [0.15, 0.2) is 0 Å². The standard InChI is InChI=1S/C15H29NOS/c1-13-5-3-4-6-14(13)16(2)11-15(12-18)7-9-17-10-8-15/h13-14,18H,3-12H2,1-2H3. The van der Waals surface area contributed by atoms with Crippen molar-refractivity contribution in [3.63, 3.8) is 0 Å². The predicted molar refractivity (Wildman–Crippen MR) is 80.4 cm³/mol. The van der Waals surface area contributed by atoms with Crippen molar-refractivity contribution < 1.29 is 4.74 Å². The first-order chi connectivity index (χ1) is 8.67. The summed E-state index contributed by atoms with van der Waals surface area (Å²) in [4.78, 5) is 2.63. The van der Waals surface area contributed by atoms with E-state index >= 15 is 0 Å². The van der Waals surface area contributed by atoms with Crippen molar-refractivity contribution in [3.05, 3.63) is 0 Å². The molecule has 0 N–H and O–H groups in total. The molecule has 1 saturated heterocycles. The Bertz CT molecular complexity index is 253. The molecule has 106 valence electrons. The second-order valence-electron chi connectivity index (χ2n) is 6.51. The van der Waals surface area contributed by atoms with Crippen molar-refractivity contribution in [1.82, 2.24) is 4.90 Å². The third-order valence-corrected chi connectivity index (χ3v) is 5.78. The summed E-state index contributed by atoms with van der Waals surface area (Å²) in [7, 11) is 2.33. The van der Waals surface area contributed by atoms with Gasteiger partial charge in [0.2, 0.25) is 0 Å². The lowest BCUT2D eigenvalue weighted by molar-refractivity contribution is -0.00251. The maximum Gasteiger partial charge on any atom is 0.0472 e. The van der Waals surface area contributed by atoms with E-state index in [2.05, 4.69) is 31.5 Å². The van der Waals surface area contributed by atoms with Crippen LogP contribution in [-0.2, 0) is 4.74 Å². The summed E-state index contributed by atoms with van der Waals surface area (Å²) in [5, 5.41) is 0. The van der Waals surface area contributed by atoms with Crippen LogP contribution in [0.3, 0.4) is 0 Å². The third-order valence-electron chi connectivity index (χ3n) is 5.11. The molecule has 0 radical (unpaired) electrons. The normalized spacial score (nSPS) is 32.7. The maximum atomic E-state index is 5.52. The second kappa shape index (κ2) is 6.62. The van der Waals surface area contributed by atoms with Gasteiger partial charge in [0.05, 0.1) is 0 Å². The minimum atomic E-state index is 0.396. The van der Waals surface area contributed by atoms with E-state index in [1.807, 2.05) is 0 Å². The zero-order chi connectivity index (χ0) is 13.0. The molecule has 1 aliphatic heterocycles. The molecule has 0 aromatic heterocycles. The molecule has 2 fully saturated rings. The second-order valence-corrected chi connectivity index (χ2v) is 6.83. The van der Waals surface area contributed by atoms with E-state index in [4.69, 9.17) is 4.74 Å². The van der Waals surface area contributed by atoms with Crippen LogP contribution < -0.4 is 0 Å². The van der Waals surface area contributed by atoms with E-state index in [1.54, 1.807) is 0 Å². The monoisotopic (exact) mass is 271 g/mol. The SMILES string of the molecule is CC1CCCCC1N(C)CC1(CS)CCOCC1. The van der Waals surface area contributed by atoms with Gasteiger partial charge in [-0.15, -0.1) is 0 Å². The van der Waals surface area contributed by atoms with Gasteiger partial charge in [-0.2, -0.15) is 12.6 Å². The van der Waals surface area contributed by atoms with Gasteiger partial charge < -0.3 is 9.64 Å². The molecular weight excluding hydrogens is 242 g/mol. The van der Waals surface area contributed by atoms with Gasteiger partial charge >= 0.3 is 0 Å². The van der Waals surface area contributed by atoms with Gasteiger partial charge in [0, 0.05) is 25.8 Å². The van der Waals surface area contributed by atoms with Gasteiger partial charge in [-0.05, 0) is 49.8 Å². The summed E-state index contributed by atoms with van der Waals surface area (Å²) in [6, 6.07) is 0.790. The Morgan fingerprint density at radius 1 is 1.22 bits per heavy atom. The molecule has 0 aromatic carbocycles. The summed E-state index contributed by atoms with van der Waals surface area (Å²) in [6.45, 7) is 5.48. The molecule has 1 aliphatic carbocycles. The average molecular weight is 271 g/mol. The van der Waals surface area contributed by atoms with Crippen LogP contribution in [0.5, 0.6) is 0 Å². The first-order valence-corrected chi connectivity index (χ1v) is 8.19. The smallest absolute Gasteiger partial charge is 0.0472 e. The van der Waals surface area contributed by atoms with E-state index in [-0.39, 0.29) is 0 Å². The van der Waals surface area contributed by atoms with Crippen molar-refractivity contribution in [2.45, 2.75) is 51.5 Å². The zero-order valence-electron chi connectivity index (χ0n) is 12.0. The van der Waals surface area contributed by atoms with Crippen molar-refractivity contribution in [2.75, 3.05) is 32.6 Å². The fraction of sp³-hybridized carbons (Fsp3) is 1.00. The highest BCUT2D eigenvalue weighted by atomic mass is 32.1. The van der Waals surface area contributed by atoms with E-state index in [1.165, 1.54) is 45.1 Å². The van der Waals surface area contributed by atoms with Gasteiger partial charge in [0.25, 0.3) is 0 Å². The Hall–Kier alpha value is 0.270. The Kier molecular flexibility index (Phi) is 5.40. The minimum Gasteiger partial charge on any atom is -0.381 e. The van der Waals surface area contributed by atoms with Crippen LogP contribution in [-0.4, -0.2) is 43.5 Å². The summed E-state index contributed by atoms with van der Waals surface area (Å²) in [5.41, 5.74) is 0.396. The van der Waals surface area contributed by atoms with Crippen molar-refractivity contribution in [2.24, 2.45) is 11.3 Å². The lowest BCUT2D eigenvalue weighted by Crippen LogP contribution is -2.47. The number of rotatable bonds is 4. The Morgan fingerprint density at radius 3 is 2.50 bits per heavy atom. The van der Waals surface area contributed by atoms with Gasteiger partial charge in [-0.3, -0.25) is 0 Å². The third kappa shape index (κ3) is 3.43. The van der Waals surface area contributed by atoms with Crippen molar-refractivity contribution in [1.29, 1.82) is 0 Å². The summed E-state index contributed by atoms with van der Waals surface area (Å²) in [5.74, 6) is 1.86. The van der Waals surface area contributed by atoms with E-state index in [0.29, 0.717) is 5.41 Å². The molecule has 2 nitrogen and oxygen atoms in total. The van der Waals surface area contributed by atoms with Crippen LogP contribution in [0.2, 0.25) is 0 Å². The predicted octanol–water partition coefficient (Wildman–Crippen LogP) is 3.22. The molecule has 0 spiro atoms. The molecule has 2 aliphatic rings. The van der Waals surface area contributed by atoms with Crippen molar-refractivity contribution >= 4 is 12.6 Å². The lowest BCUT2D eigenvalue weighted by Gasteiger charge is -2.44. The summed E-state index contributed by atoms with van der Waals surface area (Å²) in [6.07, 6.45) is 8.00. The largest absolute Gasteiger partial charge is 0.381 e. The van der Waals surface area contributed by atoms with Gasteiger partial charge in [0.1, 0.15) is 0 Å². The number of hydrogen-bond acceptors (Lipinski definition) is 3. The number of nitrogens with zero attached hydrogens (tertiary/aromatic N) is 1. The van der Waals surface area contributed by atoms with Gasteiger partial charge in [-0.1, -0.05) is 19.8 Å². The molecule has 3 heteroatoms. The fourth-order valence-corrected chi connectivity index (χ4v) is 4.18. The molecule has 2 rings (SSSR count). The Labute approximate surface area is 118 Å². The molecule has 1 heterocycles. The van der Waals surface area contributed by atoms with Gasteiger partial charge in [-0.25, -0.2) is 0 Å². The highest BCUT2D eigenvalue weighted by Crippen LogP contribution is 2.35. The molecule has 0 aromatic rings. The number of thiol groups is 1. The molecule has 2 unspecified atom stereocenters. The molecular formula is C15H29NOS. The van der Waals surface area contributed by atoms with Crippen LogP contribution in [0.15, 0.2) is 0 Å². The molecule has 2 atom stereocenters. The first-order valence-electron chi connectivity index (χ1n) is 7.56. The zero-order valence-corrected chi connectivity index (χ0v) is 12.9. The highest BCUT2D eigenvalue weighted by molar-refractivity contribution is 7.80. The van der Waals surface area contributed by atoms with Crippen LogP contribution in [0.25, 0.3) is 0 Å². The number of hydrogen-bond donors (Lipinski definition) is 1. The molecule has 0 amide bonds. The highest BCUT2D eigenvalue weighted by Gasteiger charge is 2.35. The quantitative estimate of drug-likeness (QED) is 0.788. The summed E-state index contributed by atoms with van der Waals surface area (Å²) < 4.78 is 5.52. The lowest BCUT2D eigenvalue weighted by atomic mass is 9.79. The Morgan fingerprint density at radius 2 is 1.89 bits per heavy atom. The average Bonchev–Trinajstić information content (AvgIpc) is 2.40. The van der Waals surface area contributed by atoms with Crippen LogP contribution in [0.4, 0.5) is 0 Å². The molecule has 18 heavy (non-hydrogen) atoms.